The maximum atomic E-state index is 12.9. The standard InChI is InChI=1S/C23H25N5O4/c1-13-7-4-5-8-16(13)28-22(24)20-21(27-28)19-15(26-23(20)30)11-14(31-3)12-17(19)32-10-6-9-18(29)25-2/h4-5,7-8,11-12H,6,9-10,24H2,1-3H3,(H,25,29)(H,26,30). The maximum Gasteiger partial charge on any atom is 0.261 e. The summed E-state index contributed by atoms with van der Waals surface area (Å²) in [5.74, 6) is 1.21. The van der Waals surface area contributed by atoms with E-state index in [1.54, 1.807) is 23.9 Å². The first-order chi connectivity index (χ1) is 15.4. The SMILES string of the molecule is CNC(=O)CCCOc1cc(OC)cc2[nH]c(=O)c3c(N)n(-c4ccccc4C)nc3c12. The van der Waals surface area contributed by atoms with Crippen LogP contribution in [0.25, 0.3) is 27.5 Å². The van der Waals surface area contributed by atoms with Crippen molar-refractivity contribution in [3.8, 4) is 17.2 Å². The molecular formula is C23H25N5O4. The molecule has 1 amide bonds. The third-order valence-corrected chi connectivity index (χ3v) is 5.37. The van der Waals surface area contributed by atoms with E-state index in [2.05, 4.69) is 10.3 Å². The van der Waals surface area contributed by atoms with Gasteiger partial charge in [-0.25, -0.2) is 4.68 Å². The number of hydrogen-bond donors (Lipinski definition) is 3. The summed E-state index contributed by atoms with van der Waals surface area (Å²) in [7, 11) is 3.14. The third kappa shape index (κ3) is 3.73. The Morgan fingerprint density at radius 3 is 2.75 bits per heavy atom. The molecule has 4 aromatic rings. The smallest absolute Gasteiger partial charge is 0.261 e. The average molecular weight is 435 g/mol. The second-order valence-electron chi connectivity index (χ2n) is 7.43. The van der Waals surface area contributed by atoms with Gasteiger partial charge in [-0.2, -0.15) is 5.10 Å². The lowest BCUT2D eigenvalue weighted by Gasteiger charge is -2.12. The van der Waals surface area contributed by atoms with Gasteiger partial charge in [-0.3, -0.25) is 9.59 Å². The van der Waals surface area contributed by atoms with Gasteiger partial charge in [0.1, 0.15) is 28.2 Å². The van der Waals surface area contributed by atoms with Gasteiger partial charge in [0.25, 0.3) is 5.56 Å². The molecule has 0 bridgehead atoms. The number of ether oxygens (including phenoxy) is 2. The lowest BCUT2D eigenvalue weighted by atomic mass is 10.1. The first kappa shape index (κ1) is 21.2. The highest BCUT2D eigenvalue weighted by Gasteiger charge is 2.20. The predicted octanol–water partition coefficient (Wildman–Crippen LogP) is 2.67. The van der Waals surface area contributed by atoms with Crippen LogP contribution >= 0.6 is 0 Å². The number of aromatic nitrogens is 3. The maximum absolute atomic E-state index is 12.9. The Morgan fingerprint density at radius 2 is 2.03 bits per heavy atom. The van der Waals surface area contributed by atoms with E-state index < -0.39 is 0 Å². The molecule has 2 aromatic carbocycles. The Kier molecular flexibility index (Phi) is 5.72. The van der Waals surface area contributed by atoms with Crippen LogP contribution in [0.2, 0.25) is 0 Å². The zero-order valence-electron chi connectivity index (χ0n) is 18.2. The van der Waals surface area contributed by atoms with E-state index in [0.717, 1.165) is 11.3 Å². The highest BCUT2D eigenvalue weighted by molar-refractivity contribution is 6.10. The number of nitrogens with two attached hydrogens (primary N) is 1. The van der Waals surface area contributed by atoms with Gasteiger partial charge in [0.15, 0.2) is 0 Å². The summed E-state index contributed by atoms with van der Waals surface area (Å²) in [6.07, 6.45) is 0.879. The third-order valence-electron chi connectivity index (χ3n) is 5.37. The first-order valence-corrected chi connectivity index (χ1v) is 10.3. The number of H-pyrrole nitrogens is 1. The Balaban J connectivity index is 1.89. The molecule has 2 heterocycles. The second-order valence-corrected chi connectivity index (χ2v) is 7.43. The number of nitrogens with one attached hydrogen (secondary N) is 2. The van der Waals surface area contributed by atoms with Crippen molar-refractivity contribution in [1.82, 2.24) is 20.1 Å². The number of benzene rings is 2. The number of anilines is 1. The van der Waals surface area contributed by atoms with Gasteiger partial charge >= 0.3 is 0 Å². The average Bonchev–Trinajstić information content (AvgIpc) is 3.13. The van der Waals surface area contributed by atoms with Crippen LogP contribution < -0.4 is 26.1 Å². The summed E-state index contributed by atoms with van der Waals surface area (Å²) < 4.78 is 13.0. The van der Waals surface area contributed by atoms with E-state index in [9.17, 15) is 9.59 Å². The minimum Gasteiger partial charge on any atom is -0.497 e. The molecule has 0 aliphatic carbocycles. The monoisotopic (exact) mass is 435 g/mol. The van der Waals surface area contributed by atoms with Crippen molar-refractivity contribution in [2.24, 2.45) is 0 Å². The largest absolute Gasteiger partial charge is 0.497 e. The number of aryl methyl sites for hydroxylation is 1. The highest BCUT2D eigenvalue weighted by Crippen LogP contribution is 2.36. The lowest BCUT2D eigenvalue weighted by Crippen LogP contribution is -2.18. The summed E-state index contributed by atoms with van der Waals surface area (Å²) in [5, 5.41) is 8.21. The van der Waals surface area contributed by atoms with Gasteiger partial charge in [0.2, 0.25) is 5.91 Å². The quantitative estimate of drug-likeness (QED) is 0.384. The summed E-state index contributed by atoms with van der Waals surface area (Å²) >= 11 is 0. The molecule has 9 nitrogen and oxygen atoms in total. The Labute approximate surface area is 184 Å². The van der Waals surface area contributed by atoms with Gasteiger partial charge in [-0.1, -0.05) is 18.2 Å². The van der Waals surface area contributed by atoms with Gasteiger partial charge < -0.3 is 25.5 Å². The number of aromatic amines is 1. The van der Waals surface area contributed by atoms with Crippen LogP contribution in [0.5, 0.6) is 11.5 Å². The van der Waals surface area contributed by atoms with Crippen molar-refractivity contribution in [3.63, 3.8) is 0 Å². The van der Waals surface area contributed by atoms with Crippen LogP contribution in [0.15, 0.2) is 41.2 Å². The molecule has 0 saturated heterocycles. The molecule has 0 aliphatic rings. The number of nitrogens with zero attached hydrogens (tertiary/aromatic N) is 2. The molecule has 32 heavy (non-hydrogen) atoms. The molecule has 0 spiro atoms. The van der Waals surface area contributed by atoms with Crippen molar-refractivity contribution in [2.75, 3.05) is 26.5 Å². The van der Waals surface area contributed by atoms with Gasteiger partial charge in [-0.15, -0.1) is 0 Å². The minimum atomic E-state index is -0.344. The molecule has 4 rings (SSSR count). The molecule has 166 valence electrons. The summed E-state index contributed by atoms with van der Waals surface area (Å²) in [6.45, 7) is 2.26. The lowest BCUT2D eigenvalue weighted by molar-refractivity contribution is -0.120. The Morgan fingerprint density at radius 1 is 1.25 bits per heavy atom. The molecule has 2 aromatic heterocycles. The van der Waals surface area contributed by atoms with Gasteiger partial charge in [0.05, 0.1) is 30.3 Å². The van der Waals surface area contributed by atoms with Crippen LogP contribution in [0.3, 0.4) is 0 Å². The fourth-order valence-corrected chi connectivity index (χ4v) is 3.70. The normalized spacial score (nSPS) is 11.1. The van der Waals surface area contributed by atoms with Crippen molar-refractivity contribution in [1.29, 1.82) is 0 Å². The number of hydrogen-bond acceptors (Lipinski definition) is 6. The van der Waals surface area contributed by atoms with Crippen LogP contribution in [-0.2, 0) is 4.79 Å². The molecule has 9 heteroatoms. The zero-order chi connectivity index (χ0) is 22.8. The molecule has 0 radical (unpaired) electrons. The van der Waals surface area contributed by atoms with E-state index in [4.69, 9.17) is 20.3 Å². The zero-order valence-corrected chi connectivity index (χ0v) is 18.2. The van der Waals surface area contributed by atoms with E-state index in [-0.39, 0.29) is 17.3 Å². The fourth-order valence-electron chi connectivity index (χ4n) is 3.70. The van der Waals surface area contributed by atoms with E-state index >= 15 is 0 Å². The number of carbonyl (C=O) groups is 1. The fraction of sp³-hybridized carbons (Fsp3) is 0.261. The van der Waals surface area contributed by atoms with Crippen molar-refractivity contribution < 1.29 is 14.3 Å². The van der Waals surface area contributed by atoms with Crippen molar-refractivity contribution >= 4 is 33.5 Å². The minimum absolute atomic E-state index is 0.0550. The second kappa shape index (κ2) is 8.62. The Hall–Kier alpha value is -4.01. The van der Waals surface area contributed by atoms with Crippen LogP contribution in [0.1, 0.15) is 18.4 Å². The summed E-state index contributed by atoms with van der Waals surface area (Å²) in [4.78, 5) is 27.3. The number of amides is 1. The van der Waals surface area contributed by atoms with Crippen molar-refractivity contribution in [2.45, 2.75) is 19.8 Å². The van der Waals surface area contributed by atoms with Crippen molar-refractivity contribution in [3.05, 3.63) is 52.3 Å². The molecule has 4 N–H and O–H groups in total. The molecule has 0 fully saturated rings. The van der Waals surface area contributed by atoms with Gasteiger partial charge in [-0.05, 0) is 25.0 Å². The molecule has 0 atom stereocenters. The van der Waals surface area contributed by atoms with E-state index in [1.165, 1.54) is 7.11 Å². The summed E-state index contributed by atoms with van der Waals surface area (Å²) in [6, 6.07) is 11.1. The van der Waals surface area contributed by atoms with Crippen LogP contribution in [-0.4, -0.2) is 41.4 Å². The van der Waals surface area contributed by atoms with Crippen LogP contribution in [0.4, 0.5) is 5.82 Å². The number of carbonyl (C=O) groups excluding carboxylic acids is 1. The number of para-hydroxylation sites is 1. The molecule has 0 unspecified atom stereocenters. The topological polar surface area (TPSA) is 124 Å². The van der Waals surface area contributed by atoms with E-state index in [1.807, 2.05) is 31.2 Å². The number of methoxy groups -OCH3 is 1. The molecule has 0 aliphatic heterocycles. The molecule has 0 saturated carbocycles. The first-order valence-electron chi connectivity index (χ1n) is 10.3. The van der Waals surface area contributed by atoms with Crippen LogP contribution in [0, 0.1) is 6.92 Å². The number of rotatable bonds is 7. The number of pyridine rings is 1. The molecular weight excluding hydrogens is 410 g/mol. The number of fused-ring (bicyclic) bond motifs is 3. The highest BCUT2D eigenvalue weighted by atomic mass is 16.5. The van der Waals surface area contributed by atoms with E-state index in [0.29, 0.717) is 52.8 Å². The predicted molar refractivity (Wildman–Crippen MR) is 124 cm³/mol. The Bertz CT molecular complexity index is 1370. The van der Waals surface area contributed by atoms with Gasteiger partial charge in [0, 0.05) is 25.6 Å². The number of nitrogen functional groups attached to an aromatic ring is 1. The summed E-state index contributed by atoms with van der Waals surface area (Å²) in [5.41, 5.74) is 8.76.